The number of benzene rings is 3. The van der Waals surface area contributed by atoms with Crippen LogP contribution < -0.4 is 4.74 Å². The number of rotatable bonds is 12. The van der Waals surface area contributed by atoms with Gasteiger partial charge in [0.1, 0.15) is 12.4 Å². The lowest BCUT2D eigenvalue weighted by Crippen LogP contribution is -2.28. The lowest BCUT2D eigenvalue weighted by atomic mass is 9.88. The maximum Gasteiger partial charge on any atom is 0.160 e. The van der Waals surface area contributed by atoms with Crippen molar-refractivity contribution in [3.05, 3.63) is 102 Å². The van der Waals surface area contributed by atoms with Gasteiger partial charge < -0.3 is 24.1 Å². The largest absolute Gasteiger partial charge is 0.491 e. The minimum absolute atomic E-state index is 0.0801. The van der Waals surface area contributed by atoms with Gasteiger partial charge in [0, 0.05) is 13.2 Å². The Morgan fingerprint density at radius 1 is 0.861 bits per heavy atom. The van der Waals surface area contributed by atoms with Gasteiger partial charge in [-0.15, -0.1) is 0 Å². The second-order valence-electron chi connectivity index (χ2n) is 8.80. The van der Waals surface area contributed by atoms with Crippen molar-refractivity contribution >= 4 is 11.1 Å². The highest BCUT2D eigenvalue weighted by atomic mass is 16.8. The van der Waals surface area contributed by atoms with E-state index in [0.717, 1.165) is 59.5 Å². The van der Waals surface area contributed by atoms with Gasteiger partial charge in [0.15, 0.2) is 12.6 Å². The third kappa shape index (κ3) is 7.52. The van der Waals surface area contributed by atoms with Crippen molar-refractivity contribution in [1.82, 2.24) is 0 Å². The lowest BCUT2D eigenvalue weighted by molar-refractivity contribution is -0.249. The van der Waals surface area contributed by atoms with Crippen molar-refractivity contribution < 1.29 is 24.1 Å². The van der Waals surface area contributed by atoms with Crippen LogP contribution in [0.4, 0.5) is 0 Å². The first-order chi connectivity index (χ1) is 17.7. The van der Waals surface area contributed by atoms with Gasteiger partial charge in [-0.05, 0) is 72.6 Å². The van der Waals surface area contributed by atoms with Crippen LogP contribution in [0.3, 0.4) is 0 Å². The predicted octanol–water partition coefficient (Wildman–Crippen LogP) is 6.31. The predicted molar refractivity (Wildman–Crippen MR) is 143 cm³/mol. The Bertz CT molecular complexity index is 1060. The molecular weight excluding hydrogens is 452 g/mol. The Hall–Kier alpha value is -2.96. The van der Waals surface area contributed by atoms with E-state index < -0.39 is 0 Å². The van der Waals surface area contributed by atoms with Gasteiger partial charge in [-0.1, -0.05) is 72.8 Å². The number of aliphatic hydroxyl groups is 1. The number of aliphatic hydroxyl groups excluding tert-OH is 1. The maximum absolute atomic E-state index is 9.85. The number of hydrogen-bond acceptors (Lipinski definition) is 5. The molecule has 3 aromatic rings. The van der Waals surface area contributed by atoms with Crippen LogP contribution in [-0.2, 0) is 14.2 Å². The summed E-state index contributed by atoms with van der Waals surface area (Å²) in [5, 5.41) is 9.85. The molecule has 5 nitrogen and oxygen atoms in total. The second-order valence-corrected chi connectivity index (χ2v) is 8.80. The van der Waals surface area contributed by atoms with E-state index in [0.29, 0.717) is 19.6 Å². The number of hydrogen-bond donors (Lipinski definition) is 1. The van der Waals surface area contributed by atoms with E-state index in [4.69, 9.17) is 18.9 Å². The van der Waals surface area contributed by atoms with Gasteiger partial charge in [-0.3, -0.25) is 0 Å². The summed E-state index contributed by atoms with van der Waals surface area (Å²) >= 11 is 0. The first-order valence-corrected chi connectivity index (χ1v) is 12.8. The summed E-state index contributed by atoms with van der Waals surface area (Å²) in [6.45, 7) is 3.58. The molecule has 0 amide bonds. The van der Waals surface area contributed by atoms with E-state index in [1.807, 2.05) is 55.5 Å². The average molecular weight is 489 g/mol. The molecule has 1 aliphatic heterocycles. The summed E-state index contributed by atoms with van der Waals surface area (Å²) in [5.74, 6) is 0.780. The van der Waals surface area contributed by atoms with Gasteiger partial charge in [0.05, 0.1) is 6.61 Å². The molecule has 4 rings (SSSR count). The van der Waals surface area contributed by atoms with E-state index in [-0.39, 0.29) is 19.2 Å². The molecule has 2 atom stereocenters. The van der Waals surface area contributed by atoms with Gasteiger partial charge in [0.2, 0.25) is 0 Å². The standard InChI is InChI=1S/C31H36O5/c1-24(36-30-14-8-9-21-35-30)33-22-23-34-28-17-15-27(16-18-28)31(26-12-6-3-7-13-26)29(19-20-32)25-10-4-2-5-11-25/h2-7,10-13,15-18,24,30,32H,8-9,14,19-23H2,1H3. The minimum atomic E-state index is -0.333. The van der Waals surface area contributed by atoms with Gasteiger partial charge in [-0.2, -0.15) is 0 Å². The van der Waals surface area contributed by atoms with E-state index >= 15 is 0 Å². The van der Waals surface area contributed by atoms with Crippen molar-refractivity contribution in [2.45, 2.75) is 45.2 Å². The normalized spacial score (nSPS) is 17.3. The molecule has 5 heteroatoms. The van der Waals surface area contributed by atoms with E-state index in [1.54, 1.807) is 0 Å². The van der Waals surface area contributed by atoms with E-state index in [2.05, 4.69) is 36.4 Å². The quantitative estimate of drug-likeness (QED) is 0.184. The summed E-state index contributed by atoms with van der Waals surface area (Å²) in [5.41, 5.74) is 5.52. The van der Waals surface area contributed by atoms with Crippen LogP contribution in [0.5, 0.6) is 5.75 Å². The van der Waals surface area contributed by atoms with Crippen LogP contribution >= 0.6 is 0 Å². The van der Waals surface area contributed by atoms with Gasteiger partial charge >= 0.3 is 0 Å². The molecule has 0 bridgehead atoms. The lowest BCUT2D eigenvalue weighted by Gasteiger charge is -2.25. The molecule has 3 aromatic carbocycles. The summed E-state index contributed by atoms with van der Waals surface area (Å²) in [6.07, 6.45) is 3.21. The highest BCUT2D eigenvalue weighted by Gasteiger charge is 2.17. The monoisotopic (exact) mass is 488 g/mol. The molecule has 190 valence electrons. The molecule has 0 aliphatic carbocycles. The van der Waals surface area contributed by atoms with Crippen LogP contribution in [0.1, 0.15) is 49.3 Å². The zero-order chi connectivity index (χ0) is 25.0. The average Bonchev–Trinajstić information content (AvgIpc) is 2.93. The molecular formula is C31H36O5. The van der Waals surface area contributed by atoms with Crippen LogP contribution in [0.25, 0.3) is 11.1 Å². The molecule has 0 radical (unpaired) electrons. The summed E-state index contributed by atoms with van der Waals surface area (Å²) in [7, 11) is 0. The van der Waals surface area contributed by atoms with Crippen LogP contribution in [0.15, 0.2) is 84.9 Å². The van der Waals surface area contributed by atoms with Crippen LogP contribution in [0.2, 0.25) is 0 Å². The fourth-order valence-electron chi connectivity index (χ4n) is 4.45. The smallest absolute Gasteiger partial charge is 0.160 e. The molecule has 0 saturated carbocycles. The zero-order valence-electron chi connectivity index (χ0n) is 21.0. The second kappa shape index (κ2) is 14.0. The Morgan fingerprint density at radius 2 is 1.53 bits per heavy atom. The molecule has 1 heterocycles. The Balaban J connectivity index is 1.42. The molecule has 1 fully saturated rings. The Labute approximate surface area is 214 Å². The van der Waals surface area contributed by atoms with Crippen molar-refractivity contribution in [1.29, 1.82) is 0 Å². The van der Waals surface area contributed by atoms with Crippen molar-refractivity contribution in [3.8, 4) is 5.75 Å². The first kappa shape index (κ1) is 26.1. The summed E-state index contributed by atoms with van der Waals surface area (Å²) in [4.78, 5) is 0. The molecule has 36 heavy (non-hydrogen) atoms. The molecule has 2 unspecified atom stereocenters. The maximum atomic E-state index is 9.85. The van der Waals surface area contributed by atoms with Crippen molar-refractivity contribution in [2.24, 2.45) is 0 Å². The van der Waals surface area contributed by atoms with E-state index in [9.17, 15) is 5.11 Å². The number of ether oxygens (including phenoxy) is 4. The molecule has 1 N–H and O–H groups in total. The third-order valence-electron chi connectivity index (χ3n) is 6.18. The summed E-state index contributed by atoms with van der Waals surface area (Å²) in [6, 6.07) is 28.7. The Kier molecular flexibility index (Phi) is 10.1. The van der Waals surface area contributed by atoms with Crippen molar-refractivity contribution in [2.75, 3.05) is 26.4 Å². The fourth-order valence-corrected chi connectivity index (χ4v) is 4.45. The topological polar surface area (TPSA) is 57.2 Å². The van der Waals surface area contributed by atoms with E-state index in [1.165, 1.54) is 0 Å². The molecule has 0 aromatic heterocycles. The van der Waals surface area contributed by atoms with Crippen LogP contribution in [0, 0.1) is 0 Å². The van der Waals surface area contributed by atoms with Gasteiger partial charge in [0.25, 0.3) is 0 Å². The molecule has 1 aliphatic rings. The highest BCUT2D eigenvalue weighted by molar-refractivity contribution is 5.98. The summed E-state index contributed by atoms with van der Waals surface area (Å²) < 4.78 is 23.0. The fraction of sp³-hybridized carbons (Fsp3) is 0.355. The first-order valence-electron chi connectivity index (χ1n) is 12.8. The highest BCUT2D eigenvalue weighted by Crippen LogP contribution is 2.35. The minimum Gasteiger partial charge on any atom is -0.491 e. The van der Waals surface area contributed by atoms with Gasteiger partial charge in [-0.25, -0.2) is 0 Å². The molecule has 1 saturated heterocycles. The van der Waals surface area contributed by atoms with Crippen molar-refractivity contribution in [3.63, 3.8) is 0 Å². The third-order valence-corrected chi connectivity index (χ3v) is 6.18. The SMILES string of the molecule is CC(OCCOc1ccc(C(=C(CCO)c2ccccc2)c2ccccc2)cc1)OC1CCCCO1. The Morgan fingerprint density at radius 3 is 2.17 bits per heavy atom. The van der Waals surface area contributed by atoms with Crippen LogP contribution in [-0.4, -0.2) is 44.1 Å². The molecule has 0 spiro atoms. The zero-order valence-corrected chi connectivity index (χ0v) is 21.0.